The Labute approximate surface area is 229 Å². The molecule has 0 heteroatoms. The quantitative estimate of drug-likeness (QED) is 0.170. The third-order valence-corrected chi connectivity index (χ3v) is 8.27. The van der Waals surface area contributed by atoms with Crippen LogP contribution in [0.5, 0.6) is 0 Å². The van der Waals surface area contributed by atoms with Crippen molar-refractivity contribution < 1.29 is 0 Å². The van der Waals surface area contributed by atoms with Crippen LogP contribution in [-0.4, -0.2) is 0 Å². The van der Waals surface area contributed by atoms with Crippen molar-refractivity contribution in [2.45, 2.75) is 123 Å². The number of hydrogen-bond acceptors (Lipinski definition) is 0. The van der Waals surface area contributed by atoms with Crippen molar-refractivity contribution in [2.24, 2.45) is 11.8 Å². The van der Waals surface area contributed by atoms with Gasteiger partial charge in [-0.05, 0) is 66.5 Å². The van der Waals surface area contributed by atoms with E-state index in [2.05, 4.69) is 86.4 Å². The lowest BCUT2D eigenvalue weighted by Gasteiger charge is -2.28. The lowest BCUT2D eigenvalue weighted by molar-refractivity contribution is 0.248. The van der Waals surface area contributed by atoms with Crippen molar-refractivity contribution in [1.29, 1.82) is 0 Å². The van der Waals surface area contributed by atoms with Crippen molar-refractivity contribution in [3.05, 3.63) is 76.9 Å². The molecular formula is C37H52. The first kappa shape index (κ1) is 29.3. The average Bonchev–Trinajstić information content (AvgIpc) is 2.94. The number of aryl methyl sites for hydroxylation is 1. The molecule has 3 rings (SSSR count). The monoisotopic (exact) mass is 496 g/mol. The zero-order valence-corrected chi connectivity index (χ0v) is 23.9. The summed E-state index contributed by atoms with van der Waals surface area (Å²) >= 11 is 0. The van der Waals surface area contributed by atoms with Gasteiger partial charge >= 0.3 is 0 Å². The third kappa shape index (κ3) is 12.2. The van der Waals surface area contributed by atoms with Gasteiger partial charge in [0.15, 0.2) is 0 Å². The van der Waals surface area contributed by atoms with E-state index in [1.54, 1.807) is 0 Å². The van der Waals surface area contributed by atoms with Crippen molar-refractivity contribution in [2.75, 3.05) is 0 Å². The van der Waals surface area contributed by atoms with E-state index in [0.29, 0.717) is 0 Å². The molecule has 0 bridgehead atoms. The molecule has 0 amide bonds. The Hall–Kier alpha value is -2.26. The highest BCUT2D eigenvalue weighted by Gasteiger charge is 2.20. The van der Waals surface area contributed by atoms with Crippen LogP contribution in [0, 0.1) is 23.7 Å². The van der Waals surface area contributed by atoms with Crippen molar-refractivity contribution in [1.82, 2.24) is 0 Å². The largest absolute Gasteiger partial charge is 0.0839 e. The second-order valence-corrected chi connectivity index (χ2v) is 11.4. The SMILES string of the molecule is CCCC/C=C/c1ccc(C#Cc2ccc(CCC3CCC(CCCCCCCCC)CC3)cc2)cc1. The highest BCUT2D eigenvalue weighted by Crippen LogP contribution is 2.34. The van der Waals surface area contributed by atoms with E-state index in [1.165, 1.54) is 114 Å². The van der Waals surface area contributed by atoms with Crippen LogP contribution in [0.2, 0.25) is 0 Å². The maximum atomic E-state index is 3.34. The predicted octanol–water partition coefficient (Wildman–Crippen LogP) is 11.2. The zero-order valence-electron chi connectivity index (χ0n) is 23.9. The molecule has 0 N–H and O–H groups in total. The van der Waals surface area contributed by atoms with Gasteiger partial charge in [-0.1, -0.05) is 152 Å². The minimum absolute atomic E-state index is 0.939. The fourth-order valence-corrected chi connectivity index (χ4v) is 5.69. The summed E-state index contributed by atoms with van der Waals surface area (Å²) in [4.78, 5) is 0. The van der Waals surface area contributed by atoms with Gasteiger partial charge in [-0.15, -0.1) is 0 Å². The standard InChI is InChI=1S/C37H52/c1-3-5-7-9-10-11-13-15-33-18-22-35(23-19-33)25-27-37-30-28-36(29-31-37)26-24-34-20-16-32(17-21-34)14-12-8-6-4-2/h12,14,16-17,20-21,28-31,33,35H,3-11,13,15,18-19,22-23,25,27H2,1-2H3/b14-12+. The van der Waals surface area contributed by atoms with Gasteiger partial charge in [-0.3, -0.25) is 0 Å². The van der Waals surface area contributed by atoms with Gasteiger partial charge in [0, 0.05) is 11.1 Å². The van der Waals surface area contributed by atoms with E-state index in [4.69, 9.17) is 0 Å². The molecule has 1 fully saturated rings. The molecular weight excluding hydrogens is 444 g/mol. The number of allylic oxidation sites excluding steroid dienone is 1. The van der Waals surface area contributed by atoms with Gasteiger partial charge in [-0.25, -0.2) is 0 Å². The fourth-order valence-electron chi connectivity index (χ4n) is 5.69. The molecule has 200 valence electrons. The summed E-state index contributed by atoms with van der Waals surface area (Å²) in [5.41, 5.74) is 4.91. The van der Waals surface area contributed by atoms with Crippen LogP contribution >= 0.6 is 0 Å². The smallest absolute Gasteiger partial charge is 0.0249 e. The summed E-state index contributed by atoms with van der Waals surface area (Å²) in [7, 11) is 0. The van der Waals surface area contributed by atoms with Crippen molar-refractivity contribution in [3.8, 4) is 11.8 Å². The predicted molar refractivity (Wildman–Crippen MR) is 164 cm³/mol. The van der Waals surface area contributed by atoms with Gasteiger partial charge in [0.25, 0.3) is 0 Å². The van der Waals surface area contributed by atoms with E-state index < -0.39 is 0 Å². The van der Waals surface area contributed by atoms with E-state index in [9.17, 15) is 0 Å². The zero-order chi connectivity index (χ0) is 26.0. The fraction of sp³-hybridized carbons (Fsp3) is 0.568. The summed E-state index contributed by atoms with van der Waals surface area (Å²) in [6.45, 7) is 4.54. The molecule has 0 heterocycles. The first-order valence-electron chi connectivity index (χ1n) is 15.6. The van der Waals surface area contributed by atoms with Crippen LogP contribution in [0.4, 0.5) is 0 Å². The maximum absolute atomic E-state index is 3.34. The number of unbranched alkanes of at least 4 members (excludes halogenated alkanes) is 8. The molecule has 0 aliphatic heterocycles. The Balaban J connectivity index is 1.31. The van der Waals surface area contributed by atoms with Crippen molar-refractivity contribution >= 4 is 6.08 Å². The molecule has 1 aliphatic carbocycles. The second-order valence-electron chi connectivity index (χ2n) is 11.4. The summed E-state index contributed by atoms with van der Waals surface area (Å²) in [6, 6.07) is 17.6. The van der Waals surface area contributed by atoms with E-state index in [1.807, 2.05) is 0 Å². The number of hydrogen-bond donors (Lipinski definition) is 0. The third-order valence-electron chi connectivity index (χ3n) is 8.27. The topological polar surface area (TPSA) is 0 Å². The molecule has 1 saturated carbocycles. The first-order valence-corrected chi connectivity index (χ1v) is 15.6. The summed E-state index contributed by atoms with van der Waals surface area (Å²) < 4.78 is 0. The molecule has 0 unspecified atom stereocenters. The van der Waals surface area contributed by atoms with Crippen molar-refractivity contribution in [3.63, 3.8) is 0 Å². The van der Waals surface area contributed by atoms with E-state index in [0.717, 1.165) is 29.4 Å². The van der Waals surface area contributed by atoms with Gasteiger partial charge in [0.05, 0.1) is 0 Å². The number of rotatable bonds is 15. The maximum Gasteiger partial charge on any atom is 0.0249 e. The minimum Gasteiger partial charge on any atom is -0.0839 e. The Morgan fingerprint density at radius 2 is 1.16 bits per heavy atom. The molecule has 0 atom stereocenters. The first-order chi connectivity index (χ1) is 18.3. The molecule has 1 aliphatic rings. The molecule has 0 saturated heterocycles. The van der Waals surface area contributed by atoms with E-state index >= 15 is 0 Å². The summed E-state index contributed by atoms with van der Waals surface area (Å²) in [6.07, 6.45) is 28.2. The Bertz CT molecular complexity index is 926. The van der Waals surface area contributed by atoms with Crippen LogP contribution < -0.4 is 0 Å². The normalized spacial score (nSPS) is 17.6. The van der Waals surface area contributed by atoms with Crippen LogP contribution in [0.1, 0.15) is 139 Å². The Morgan fingerprint density at radius 1 is 0.622 bits per heavy atom. The van der Waals surface area contributed by atoms with E-state index in [-0.39, 0.29) is 0 Å². The van der Waals surface area contributed by atoms with Crippen LogP contribution in [0.3, 0.4) is 0 Å². The minimum atomic E-state index is 0.939. The van der Waals surface area contributed by atoms with Crippen LogP contribution in [0.25, 0.3) is 6.08 Å². The van der Waals surface area contributed by atoms with Gasteiger partial charge in [0.2, 0.25) is 0 Å². The van der Waals surface area contributed by atoms with Crippen LogP contribution in [-0.2, 0) is 6.42 Å². The lowest BCUT2D eigenvalue weighted by atomic mass is 9.77. The Morgan fingerprint density at radius 3 is 1.78 bits per heavy atom. The molecule has 2 aromatic rings. The molecule has 0 spiro atoms. The average molecular weight is 497 g/mol. The van der Waals surface area contributed by atoms with Gasteiger partial charge in [-0.2, -0.15) is 0 Å². The highest BCUT2D eigenvalue weighted by molar-refractivity contribution is 5.52. The van der Waals surface area contributed by atoms with Crippen LogP contribution in [0.15, 0.2) is 54.6 Å². The molecule has 0 nitrogen and oxygen atoms in total. The molecule has 37 heavy (non-hydrogen) atoms. The second kappa shape index (κ2) is 18.1. The number of benzene rings is 2. The summed E-state index contributed by atoms with van der Waals surface area (Å²) in [5.74, 6) is 8.63. The summed E-state index contributed by atoms with van der Waals surface area (Å²) in [5, 5.41) is 0. The lowest BCUT2D eigenvalue weighted by Crippen LogP contribution is -2.15. The van der Waals surface area contributed by atoms with Gasteiger partial charge in [0.1, 0.15) is 0 Å². The van der Waals surface area contributed by atoms with Gasteiger partial charge < -0.3 is 0 Å². The molecule has 0 radical (unpaired) electrons. The highest BCUT2D eigenvalue weighted by atomic mass is 14.3. The molecule has 0 aromatic heterocycles. The molecule has 2 aromatic carbocycles. The Kier molecular flexibility index (Phi) is 14.3.